The second-order valence-electron chi connectivity index (χ2n) is 2.93. The SMILES string of the molecule is Cl[Se+]([Se]c1ccccc1)c1ccccc1. The van der Waals surface area contributed by atoms with E-state index in [0.717, 1.165) is 0 Å². The summed E-state index contributed by atoms with van der Waals surface area (Å²) in [5.41, 5.74) is 0. The fourth-order valence-corrected chi connectivity index (χ4v) is 10.8. The Morgan fingerprint density at radius 2 is 1.33 bits per heavy atom. The molecule has 0 aliphatic heterocycles. The molecule has 2 rings (SSSR count). The van der Waals surface area contributed by atoms with Crippen molar-refractivity contribution in [1.29, 1.82) is 0 Å². The van der Waals surface area contributed by atoms with Crippen molar-refractivity contribution in [2.45, 2.75) is 0 Å². The Labute approximate surface area is 103 Å². The van der Waals surface area contributed by atoms with Crippen molar-refractivity contribution in [2.24, 2.45) is 0 Å². The van der Waals surface area contributed by atoms with Crippen LogP contribution in [0.2, 0.25) is 0 Å². The first kappa shape index (κ1) is 11.3. The number of hydrogen-bond acceptors (Lipinski definition) is 0. The van der Waals surface area contributed by atoms with Gasteiger partial charge in [-0.15, -0.1) is 0 Å². The maximum atomic E-state index is 6.49. The van der Waals surface area contributed by atoms with Crippen LogP contribution in [0, 0.1) is 0 Å². The Balaban J connectivity index is 2.08. The van der Waals surface area contributed by atoms with Gasteiger partial charge in [-0.25, -0.2) is 0 Å². The Kier molecular flexibility index (Phi) is 4.31. The molecule has 0 saturated carbocycles. The van der Waals surface area contributed by atoms with Crippen LogP contribution < -0.4 is 8.92 Å². The molecule has 0 fully saturated rings. The first-order valence-corrected chi connectivity index (χ1v) is 12.8. The third kappa shape index (κ3) is 3.38. The zero-order valence-electron chi connectivity index (χ0n) is 7.97. The van der Waals surface area contributed by atoms with E-state index in [1.807, 2.05) is 12.1 Å². The normalized spacial score (nSPS) is 12.3. The molecule has 0 heterocycles. The summed E-state index contributed by atoms with van der Waals surface area (Å²) < 4.78 is 2.73. The molecule has 1 unspecified atom stereocenters. The van der Waals surface area contributed by atoms with Crippen LogP contribution in [-0.4, -0.2) is 24.3 Å². The van der Waals surface area contributed by atoms with Gasteiger partial charge < -0.3 is 0 Å². The molecule has 0 bridgehead atoms. The zero-order chi connectivity index (χ0) is 10.5. The summed E-state index contributed by atoms with van der Waals surface area (Å²) in [6, 6.07) is 21.0. The van der Waals surface area contributed by atoms with Crippen LogP contribution in [0.4, 0.5) is 0 Å². The molecule has 0 nitrogen and oxygen atoms in total. The van der Waals surface area contributed by atoms with Gasteiger partial charge in [-0.3, -0.25) is 0 Å². The van der Waals surface area contributed by atoms with E-state index in [9.17, 15) is 0 Å². The molecule has 2 aromatic rings. The fourth-order valence-electron chi connectivity index (χ4n) is 1.14. The Morgan fingerprint density at radius 1 is 0.800 bits per heavy atom. The van der Waals surface area contributed by atoms with Gasteiger partial charge in [0.1, 0.15) is 0 Å². The maximum absolute atomic E-state index is 6.49. The summed E-state index contributed by atoms with van der Waals surface area (Å²) in [7, 11) is 6.49. The Morgan fingerprint density at radius 3 is 1.93 bits per heavy atom. The summed E-state index contributed by atoms with van der Waals surface area (Å²) in [5, 5.41) is 0. The molecular weight excluding hydrogens is 338 g/mol. The van der Waals surface area contributed by atoms with E-state index in [4.69, 9.17) is 10.1 Å². The van der Waals surface area contributed by atoms with Gasteiger partial charge in [0, 0.05) is 0 Å². The predicted octanol–water partition coefficient (Wildman–Crippen LogP) is 1.65. The molecule has 0 aliphatic carbocycles. The van der Waals surface area contributed by atoms with Crippen LogP contribution >= 0.6 is 10.1 Å². The third-order valence-electron chi connectivity index (χ3n) is 1.84. The van der Waals surface area contributed by atoms with Crippen LogP contribution in [0.3, 0.4) is 0 Å². The van der Waals surface area contributed by atoms with Gasteiger partial charge in [0.05, 0.1) is 0 Å². The van der Waals surface area contributed by atoms with Crippen LogP contribution in [0.15, 0.2) is 60.7 Å². The molecule has 0 spiro atoms. The van der Waals surface area contributed by atoms with Crippen LogP contribution in [-0.2, 0) is 0 Å². The molecule has 0 N–H and O–H groups in total. The second kappa shape index (κ2) is 5.74. The summed E-state index contributed by atoms with van der Waals surface area (Å²) in [6.07, 6.45) is 0. The van der Waals surface area contributed by atoms with Crippen molar-refractivity contribution in [1.82, 2.24) is 0 Å². The third-order valence-corrected chi connectivity index (χ3v) is 12.9. The molecular formula is C12H10ClSe2+. The monoisotopic (exact) mass is 349 g/mol. The minimum absolute atomic E-state index is 0.421. The van der Waals surface area contributed by atoms with Crippen molar-refractivity contribution in [3.05, 3.63) is 60.7 Å². The molecule has 0 saturated heterocycles. The van der Waals surface area contributed by atoms with E-state index < -0.39 is 11.2 Å². The quantitative estimate of drug-likeness (QED) is 0.741. The van der Waals surface area contributed by atoms with Gasteiger partial charge >= 0.3 is 104 Å². The van der Waals surface area contributed by atoms with Gasteiger partial charge in [0.2, 0.25) is 0 Å². The summed E-state index contributed by atoms with van der Waals surface area (Å²) >= 11 is -0.694. The topological polar surface area (TPSA) is 0 Å². The Bertz CT molecular complexity index is 402. The van der Waals surface area contributed by atoms with Crippen molar-refractivity contribution >= 4 is 43.3 Å². The van der Waals surface area contributed by atoms with Crippen molar-refractivity contribution < 1.29 is 0 Å². The molecule has 1 atom stereocenters. The molecule has 3 heteroatoms. The van der Waals surface area contributed by atoms with Gasteiger partial charge in [-0.1, -0.05) is 0 Å². The van der Waals surface area contributed by atoms with Gasteiger partial charge in [-0.2, -0.15) is 0 Å². The van der Waals surface area contributed by atoms with Crippen LogP contribution in [0.5, 0.6) is 0 Å². The summed E-state index contributed by atoms with van der Waals surface area (Å²) in [4.78, 5) is 0. The van der Waals surface area contributed by atoms with Gasteiger partial charge in [0.15, 0.2) is 0 Å². The average Bonchev–Trinajstić information content (AvgIpc) is 2.31. The molecule has 0 aromatic heterocycles. The molecule has 15 heavy (non-hydrogen) atoms. The first-order valence-electron chi connectivity index (χ1n) is 4.55. The van der Waals surface area contributed by atoms with Gasteiger partial charge in [0.25, 0.3) is 0 Å². The molecule has 0 amide bonds. The Hall–Kier alpha value is -0.231. The average molecular weight is 348 g/mol. The van der Waals surface area contributed by atoms with Crippen LogP contribution in [0.1, 0.15) is 0 Å². The van der Waals surface area contributed by atoms with E-state index >= 15 is 0 Å². The van der Waals surface area contributed by atoms with E-state index in [0.29, 0.717) is 13.1 Å². The first-order chi connectivity index (χ1) is 7.36. The summed E-state index contributed by atoms with van der Waals surface area (Å²) in [5.74, 6) is 0. The van der Waals surface area contributed by atoms with Crippen LogP contribution in [0.25, 0.3) is 0 Å². The van der Waals surface area contributed by atoms with Crippen molar-refractivity contribution in [3.63, 3.8) is 0 Å². The minimum atomic E-state index is -1.11. The molecule has 0 aliphatic rings. The molecule has 0 radical (unpaired) electrons. The van der Waals surface area contributed by atoms with Crippen molar-refractivity contribution in [3.8, 4) is 0 Å². The van der Waals surface area contributed by atoms with E-state index in [1.54, 1.807) is 0 Å². The summed E-state index contributed by atoms with van der Waals surface area (Å²) in [6.45, 7) is 0. The second-order valence-corrected chi connectivity index (χ2v) is 15.4. The number of hydrogen-bond donors (Lipinski definition) is 0. The number of benzene rings is 2. The standard InChI is InChI=1S/C12H10ClSe2/c13-15(12-9-5-2-6-10-12)14-11-7-3-1-4-8-11/h1-10H/q+1. The van der Waals surface area contributed by atoms with E-state index in [1.165, 1.54) is 8.92 Å². The molecule has 2 aromatic carbocycles. The number of halogens is 1. The zero-order valence-corrected chi connectivity index (χ0v) is 12.2. The molecule has 76 valence electrons. The predicted molar refractivity (Wildman–Crippen MR) is 69.5 cm³/mol. The number of rotatable bonds is 3. The van der Waals surface area contributed by atoms with E-state index in [-0.39, 0.29) is 0 Å². The van der Waals surface area contributed by atoms with E-state index in [2.05, 4.69) is 48.5 Å². The fraction of sp³-hybridized carbons (Fsp3) is 0. The van der Waals surface area contributed by atoms with Crippen molar-refractivity contribution in [2.75, 3.05) is 0 Å². The van der Waals surface area contributed by atoms with Gasteiger partial charge in [-0.05, 0) is 0 Å².